The summed E-state index contributed by atoms with van der Waals surface area (Å²) in [6.45, 7) is 9.56. The first-order valence-electron chi connectivity index (χ1n) is 8.21. The van der Waals surface area contributed by atoms with Gasteiger partial charge in [0, 0.05) is 5.56 Å². The van der Waals surface area contributed by atoms with Crippen LogP contribution in [0.1, 0.15) is 46.6 Å². The molecule has 130 valence electrons. The van der Waals surface area contributed by atoms with E-state index in [0.717, 1.165) is 0 Å². The number of allylic oxidation sites excluding steroid dienone is 2. The molecule has 0 amide bonds. The first kappa shape index (κ1) is 18.4. The molecule has 1 aromatic rings. The van der Waals surface area contributed by atoms with Crippen molar-refractivity contribution < 1.29 is 19.4 Å². The molecule has 0 aliphatic heterocycles. The van der Waals surface area contributed by atoms with Crippen molar-refractivity contribution in [3.8, 4) is 0 Å². The fourth-order valence-corrected chi connectivity index (χ4v) is 2.74. The molecule has 1 aromatic carbocycles. The number of ether oxygens (including phenoxy) is 2. The van der Waals surface area contributed by atoms with E-state index >= 15 is 0 Å². The molecular weight excluding hydrogens is 304 g/mol. The van der Waals surface area contributed by atoms with E-state index in [0.29, 0.717) is 5.56 Å². The van der Waals surface area contributed by atoms with Crippen molar-refractivity contribution in [2.45, 2.75) is 58.5 Å². The van der Waals surface area contributed by atoms with E-state index in [1.54, 1.807) is 24.3 Å². The van der Waals surface area contributed by atoms with Crippen LogP contribution in [0.5, 0.6) is 0 Å². The summed E-state index contributed by atoms with van der Waals surface area (Å²) < 4.78 is 12.0. The number of aliphatic hydroxyl groups excluding tert-OH is 1. The Morgan fingerprint density at radius 3 is 2.33 bits per heavy atom. The average molecular weight is 330 g/mol. The quantitative estimate of drug-likeness (QED) is 0.504. The van der Waals surface area contributed by atoms with E-state index in [4.69, 9.17) is 9.47 Å². The number of rotatable bonds is 4. The maximum atomic E-state index is 12.7. The van der Waals surface area contributed by atoms with Crippen LogP contribution < -0.4 is 0 Å². The molecule has 0 heterocycles. The van der Waals surface area contributed by atoms with Gasteiger partial charge >= 0.3 is 0 Å². The summed E-state index contributed by atoms with van der Waals surface area (Å²) in [7, 11) is 0. The van der Waals surface area contributed by atoms with Crippen molar-refractivity contribution in [3.63, 3.8) is 0 Å². The number of hydrogen-bond donors (Lipinski definition) is 1. The van der Waals surface area contributed by atoms with Gasteiger partial charge in [-0.2, -0.15) is 0 Å². The van der Waals surface area contributed by atoms with Crippen LogP contribution in [0.15, 0.2) is 48.1 Å². The van der Waals surface area contributed by atoms with Gasteiger partial charge in [0.05, 0.1) is 23.7 Å². The number of ketones is 1. The Kier molecular flexibility index (Phi) is 5.31. The van der Waals surface area contributed by atoms with E-state index in [9.17, 15) is 9.90 Å². The molecule has 2 rings (SSSR count). The van der Waals surface area contributed by atoms with Gasteiger partial charge in [0.1, 0.15) is 5.76 Å². The number of benzene rings is 1. The second-order valence-electron chi connectivity index (χ2n) is 7.25. The second-order valence-corrected chi connectivity index (χ2v) is 7.25. The zero-order valence-electron chi connectivity index (χ0n) is 15.0. The van der Waals surface area contributed by atoms with Gasteiger partial charge in [-0.15, -0.1) is 0 Å². The molecule has 1 N–H and O–H groups in total. The molecule has 1 atom stereocenters. The van der Waals surface area contributed by atoms with Gasteiger partial charge in [-0.1, -0.05) is 30.3 Å². The summed E-state index contributed by atoms with van der Waals surface area (Å²) in [5.74, 6) is -1.33. The molecule has 0 bridgehead atoms. The summed E-state index contributed by atoms with van der Waals surface area (Å²) in [5.41, 5.74) is 0.420. The van der Waals surface area contributed by atoms with Crippen LogP contribution in [0.3, 0.4) is 0 Å². The molecule has 0 aromatic heterocycles. The minimum absolute atomic E-state index is 0.0224. The number of hydrogen-bond acceptors (Lipinski definition) is 4. The van der Waals surface area contributed by atoms with Gasteiger partial charge in [-0.25, -0.2) is 0 Å². The Labute approximate surface area is 143 Å². The van der Waals surface area contributed by atoms with E-state index in [1.807, 2.05) is 52.8 Å². The van der Waals surface area contributed by atoms with Crippen LogP contribution in [-0.4, -0.2) is 28.4 Å². The van der Waals surface area contributed by atoms with Gasteiger partial charge in [-0.3, -0.25) is 4.79 Å². The Balaban J connectivity index is 2.40. The van der Waals surface area contributed by atoms with Gasteiger partial charge < -0.3 is 14.6 Å². The zero-order chi connectivity index (χ0) is 18.0. The van der Waals surface area contributed by atoms with Crippen LogP contribution in [0, 0.1) is 0 Å². The SMILES string of the molecule is CC(C)OC1(OC(C)(C)C)C=CC(=C(O)c2ccccc2)C(=O)C1. The van der Waals surface area contributed by atoms with Gasteiger partial charge in [0.15, 0.2) is 11.6 Å². The minimum Gasteiger partial charge on any atom is -0.507 e. The van der Waals surface area contributed by atoms with Gasteiger partial charge in [-0.05, 0) is 46.8 Å². The van der Waals surface area contributed by atoms with Crippen molar-refractivity contribution in [3.05, 3.63) is 53.6 Å². The van der Waals surface area contributed by atoms with Crippen molar-refractivity contribution in [1.82, 2.24) is 0 Å². The predicted molar refractivity (Wildman–Crippen MR) is 94.5 cm³/mol. The third-order valence-electron chi connectivity index (χ3n) is 3.43. The normalized spacial score (nSPS) is 23.7. The summed E-state index contributed by atoms with van der Waals surface area (Å²) in [6, 6.07) is 9.03. The molecule has 24 heavy (non-hydrogen) atoms. The molecule has 0 spiro atoms. The Morgan fingerprint density at radius 1 is 1.21 bits per heavy atom. The Bertz CT molecular complexity index is 650. The fraction of sp³-hybridized carbons (Fsp3) is 0.450. The first-order valence-corrected chi connectivity index (χ1v) is 8.21. The molecule has 4 heteroatoms. The van der Waals surface area contributed by atoms with Crippen LogP contribution in [0.4, 0.5) is 0 Å². The third-order valence-corrected chi connectivity index (χ3v) is 3.43. The number of carbonyl (C=O) groups excluding carboxylic acids is 1. The highest BCUT2D eigenvalue weighted by Gasteiger charge is 2.41. The number of aliphatic hydroxyl groups is 1. The molecule has 1 aliphatic rings. The highest BCUT2D eigenvalue weighted by molar-refractivity contribution is 6.05. The average Bonchev–Trinajstić information content (AvgIpc) is 2.45. The molecule has 1 unspecified atom stereocenters. The van der Waals surface area contributed by atoms with E-state index in [-0.39, 0.29) is 29.6 Å². The maximum absolute atomic E-state index is 12.7. The molecule has 0 radical (unpaired) electrons. The highest BCUT2D eigenvalue weighted by atomic mass is 16.7. The van der Waals surface area contributed by atoms with Crippen LogP contribution in [0.25, 0.3) is 5.76 Å². The van der Waals surface area contributed by atoms with Gasteiger partial charge in [0.2, 0.25) is 0 Å². The molecule has 0 saturated heterocycles. The minimum atomic E-state index is -1.11. The maximum Gasteiger partial charge on any atom is 0.196 e. The molecular formula is C20H26O4. The summed E-state index contributed by atoms with van der Waals surface area (Å²) in [5, 5.41) is 10.4. The molecule has 4 nitrogen and oxygen atoms in total. The second kappa shape index (κ2) is 6.91. The van der Waals surface area contributed by atoms with Crippen LogP contribution in [0.2, 0.25) is 0 Å². The van der Waals surface area contributed by atoms with Crippen LogP contribution in [-0.2, 0) is 14.3 Å². The van der Waals surface area contributed by atoms with Crippen molar-refractivity contribution in [1.29, 1.82) is 0 Å². The summed E-state index contributed by atoms with van der Waals surface area (Å²) >= 11 is 0. The van der Waals surface area contributed by atoms with Crippen molar-refractivity contribution in [2.24, 2.45) is 0 Å². The fourth-order valence-electron chi connectivity index (χ4n) is 2.74. The number of Topliss-reactive ketones (excluding diaryl/α,β-unsaturated/α-hetero) is 1. The largest absolute Gasteiger partial charge is 0.507 e. The molecule has 0 fully saturated rings. The lowest BCUT2D eigenvalue weighted by Gasteiger charge is -2.39. The smallest absolute Gasteiger partial charge is 0.196 e. The predicted octanol–water partition coefficient (Wildman–Crippen LogP) is 4.42. The lowest BCUT2D eigenvalue weighted by Crippen LogP contribution is -2.45. The standard InChI is InChI=1S/C20H26O4/c1-14(2)23-20(24-19(3,4)5)12-11-16(17(21)13-20)18(22)15-9-7-6-8-10-15/h6-12,14,22H,13H2,1-5H3. The third kappa shape index (κ3) is 4.56. The monoisotopic (exact) mass is 330 g/mol. The highest BCUT2D eigenvalue weighted by Crippen LogP contribution is 2.34. The topological polar surface area (TPSA) is 55.8 Å². The Hall–Kier alpha value is -1.91. The van der Waals surface area contributed by atoms with Crippen molar-refractivity contribution in [2.75, 3.05) is 0 Å². The van der Waals surface area contributed by atoms with Gasteiger partial charge in [0.25, 0.3) is 0 Å². The van der Waals surface area contributed by atoms with E-state index in [2.05, 4.69) is 0 Å². The first-order chi connectivity index (χ1) is 11.1. The zero-order valence-corrected chi connectivity index (χ0v) is 15.0. The summed E-state index contributed by atoms with van der Waals surface area (Å²) in [4.78, 5) is 12.7. The molecule has 1 aliphatic carbocycles. The number of carbonyl (C=O) groups is 1. The molecule has 0 saturated carbocycles. The Morgan fingerprint density at radius 2 is 1.83 bits per heavy atom. The lowest BCUT2D eigenvalue weighted by molar-refractivity contribution is -0.263. The van der Waals surface area contributed by atoms with E-state index in [1.165, 1.54) is 0 Å². The van der Waals surface area contributed by atoms with Crippen molar-refractivity contribution >= 4 is 11.5 Å². The lowest BCUT2D eigenvalue weighted by atomic mass is 9.92. The summed E-state index contributed by atoms with van der Waals surface area (Å²) in [6.07, 6.45) is 3.26. The van der Waals surface area contributed by atoms with E-state index < -0.39 is 11.4 Å². The van der Waals surface area contributed by atoms with Crippen LogP contribution >= 0.6 is 0 Å².